The van der Waals surface area contributed by atoms with E-state index in [4.69, 9.17) is 9.84 Å². The van der Waals surface area contributed by atoms with Gasteiger partial charge in [0, 0.05) is 5.56 Å². The molecule has 0 saturated carbocycles. The zero-order valence-electron chi connectivity index (χ0n) is 12.9. The number of H-pyrrole nitrogens is 1. The highest BCUT2D eigenvalue weighted by atomic mass is 32.1. The molecule has 25 heavy (non-hydrogen) atoms. The molecule has 0 fully saturated rings. The molecule has 2 aromatic heterocycles. The van der Waals surface area contributed by atoms with Gasteiger partial charge in [0.15, 0.2) is 17.6 Å². The molecule has 2 heterocycles. The molecule has 4 rings (SSSR count). The number of nitrogens with zero attached hydrogens (tertiary/aromatic N) is 1. The van der Waals surface area contributed by atoms with Crippen molar-refractivity contribution in [2.75, 3.05) is 6.61 Å². The Hall–Kier alpha value is -3.19. The number of hydrogen-bond donors (Lipinski definition) is 1. The average Bonchev–Trinajstić information content (AvgIpc) is 3.11. The van der Waals surface area contributed by atoms with Gasteiger partial charge in [0.25, 0.3) is 0 Å². The molecule has 7 heteroatoms. The lowest BCUT2D eigenvalue weighted by Crippen LogP contribution is -2.22. The Morgan fingerprint density at radius 1 is 1.20 bits per heavy atom. The predicted molar refractivity (Wildman–Crippen MR) is 94.0 cm³/mol. The lowest BCUT2D eigenvalue weighted by molar-refractivity contribution is -0.308. The van der Waals surface area contributed by atoms with Gasteiger partial charge in [-0.25, -0.2) is 14.6 Å². The van der Waals surface area contributed by atoms with Gasteiger partial charge in [0.1, 0.15) is 10.3 Å². The molecule has 2 aromatic carbocycles. The Labute approximate surface area is 145 Å². The first-order chi connectivity index (χ1) is 12.1. The SMILES string of the molecule is O=C(O)COc1ccccc1C=c1sc2[nH+]c3ccccc3n2c1=O. The third kappa shape index (κ3) is 2.74. The number of carboxylic acids is 1. The van der Waals surface area contributed by atoms with E-state index in [0.717, 1.165) is 16.0 Å². The molecule has 0 amide bonds. The minimum absolute atomic E-state index is 0.120. The van der Waals surface area contributed by atoms with E-state index < -0.39 is 12.6 Å². The van der Waals surface area contributed by atoms with Crippen molar-refractivity contribution in [1.82, 2.24) is 4.40 Å². The van der Waals surface area contributed by atoms with Crippen molar-refractivity contribution in [3.63, 3.8) is 0 Å². The van der Waals surface area contributed by atoms with Crippen LogP contribution < -0.4 is 19.8 Å². The fraction of sp³-hybridized carbons (Fsp3) is 0.0556. The summed E-state index contributed by atoms with van der Waals surface area (Å²) >= 11 is 1.35. The first-order valence-electron chi connectivity index (χ1n) is 7.54. The van der Waals surface area contributed by atoms with E-state index in [1.807, 2.05) is 30.3 Å². The summed E-state index contributed by atoms with van der Waals surface area (Å²) in [6, 6.07) is 14.6. The normalized spacial score (nSPS) is 12.1. The Morgan fingerprint density at radius 3 is 2.80 bits per heavy atom. The van der Waals surface area contributed by atoms with E-state index in [1.165, 1.54) is 11.3 Å². The predicted octanol–water partition coefficient (Wildman–Crippen LogP) is 1.34. The van der Waals surface area contributed by atoms with Crippen LogP contribution in [0.4, 0.5) is 0 Å². The number of para-hydroxylation sites is 3. The van der Waals surface area contributed by atoms with Gasteiger partial charge in [-0.2, -0.15) is 0 Å². The van der Waals surface area contributed by atoms with Gasteiger partial charge < -0.3 is 9.84 Å². The average molecular weight is 353 g/mol. The minimum atomic E-state index is -1.05. The molecule has 4 aromatic rings. The molecule has 6 nitrogen and oxygen atoms in total. The number of imidazole rings is 1. The number of carbonyl (C=O) groups is 1. The summed E-state index contributed by atoms with van der Waals surface area (Å²) < 4.78 is 7.48. The number of ether oxygens (including phenoxy) is 1. The van der Waals surface area contributed by atoms with Crippen LogP contribution in [0.5, 0.6) is 5.75 Å². The molecule has 124 valence electrons. The fourth-order valence-corrected chi connectivity index (χ4v) is 3.70. The maximum absolute atomic E-state index is 12.8. The van der Waals surface area contributed by atoms with Crippen LogP contribution in [0.1, 0.15) is 5.56 Å². The quantitative estimate of drug-likeness (QED) is 0.600. The van der Waals surface area contributed by atoms with Crippen LogP contribution in [0.2, 0.25) is 0 Å². The van der Waals surface area contributed by atoms with Crippen LogP contribution in [-0.4, -0.2) is 22.1 Å². The second-order valence-electron chi connectivity index (χ2n) is 5.42. The zero-order valence-corrected chi connectivity index (χ0v) is 13.7. The number of carboxylic acid groups (broad SMARTS) is 1. The molecule has 0 spiro atoms. The molecule has 0 aliphatic heterocycles. The number of nitrogens with one attached hydrogen (secondary N) is 1. The van der Waals surface area contributed by atoms with E-state index in [0.29, 0.717) is 15.8 Å². The van der Waals surface area contributed by atoms with Crippen molar-refractivity contribution < 1.29 is 19.6 Å². The highest BCUT2D eigenvalue weighted by Crippen LogP contribution is 2.19. The lowest BCUT2D eigenvalue weighted by atomic mass is 10.2. The van der Waals surface area contributed by atoms with Crippen molar-refractivity contribution in [3.8, 4) is 5.75 Å². The Bertz CT molecular complexity index is 1210. The summed E-state index contributed by atoms with van der Waals surface area (Å²) in [4.78, 5) is 27.5. The number of rotatable bonds is 4. The Balaban J connectivity index is 1.86. The molecular formula is C18H13N2O4S+. The van der Waals surface area contributed by atoms with Crippen molar-refractivity contribution in [3.05, 3.63) is 69.0 Å². The summed E-state index contributed by atoms with van der Waals surface area (Å²) in [5.41, 5.74) is 2.27. The summed E-state index contributed by atoms with van der Waals surface area (Å²) in [7, 11) is 0. The second-order valence-corrected chi connectivity index (χ2v) is 6.45. The molecule has 0 aliphatic carbocycles. The van der Waals surface area contributed by atoms with E-state index in [2.05, 4.69) is 4.98 Å². The van der Waals surface area contributed by atoms with Crippen molar-refractivity contribution in [2.24, 2.45) is 0 Å². The van der Waals surface area contributed by atoms with Crippen LogP contribution in [0.3, 0.4) is 0 Å². The third-order valence-corrected chi connectivity index (χ3v) is 4.76. The van der Waals surface area contributed by atoms with E-state index in [9.17, 15) is 9.59 Å². The Morgan fingerprint density at radius 2 is 1.96 bits per heavy atom. The van der Waals surface area contributed by atoms with E-state index in [-0.39, 0.29) is 5.56 Å². The number of fused-ring (bicyclic) bond motifs is 3. The monoisotopic (exact) mass is 353 g/mol. The maximum Gasteiger partial charge on any atom is 0.357 e. The largest absolute Gasteiger partial charge is 0.481 e. The van der Waals surface area contributed by atoms with Crippen LogP contribution in [0.25, 0.3) is 22.1 Å². The fourth-order valence-electron chi connectivity index (χ4n) is 2.69. The van der Waals surface area contributed by atoms with Crippen LogP contribution in [0, 0.1) is 0 Å². The summed E-state index contributed by atoms with van der Waals surface area (Å²) in [6.45, 7) is -0.431. The smallest absolute Gasteiger partial charge is 0.357 e. The molecule has 0 unspecified atom stereocenters. The number of benzene rings is 2. The number of hydrogen-bond acceptors (Lipinski definition) is 4. The maximum atomic E-state index is 12.8. The standard InChI is InChI=1S/C18H12N2O4S/c21-16(22)10-24-14-8-4-1-5-11(14)9-15-17(23)20-13-7-3-2-6-12(13)19-18(20)25-15/h1-9H,10H2,(H,21,22)/p+1. The topological polar surface area (TPSA) is 82.2 Å². The van der Waals surface area contributed by atoms with Gasteiger partial charge in [0.05, 0.1) is 0 Å². The van der Waals surface area contributed by atoms with Gasteiger partial charge in [-0.05, 0) is 35.6 Å². The van der Waals surface area contributed by atoms with Crippen LogP contribution in [-0.2, 0) is 4.79 Å². The number of aromatic amines is 1. The Kier molecular flexibility index (Phi) is 3.70. The molecule has 2 N–H and O–H groups in total. The van der Waals surface area contributed by atoms with Gasteiger partial charge in [-0.15, -0.1) is 4.40 Å². The third-order valence-electron chi connectivity index (χ3n) is 3.77. The van der Waals surface area contributed by atoms with Crippen LogP contribution >= 0.6 is 11.3 Å². The summed E-state index contributed by atoms with van der Waals surface area (Å²) in [6.07, 6.45) is 1.72. The highest BCUT2D eigenvalue weighted by Gasteiger charge is 2.18. The highest BCUT2D eigenvalue weighted by molar-refractivity contribution is 7.14. The van der Waals surface area contributed by atoms with Gasteiger partial charge in [0.2, 0.25) is 0 Å². The molecule has 0 bridgehead atoms. The van der Waals surface area contributed by atoms with Gasteiger partial charge in [-0.1, -0.05) is 30.3 Å². The number of thiazole rings is 1. The summed E-state index contributed by atoms with van der Waals surface area (Å²) in [5.74, 6) is -0.623. The first-order valence-corrected chi connectivity index (χ1v) is 8.36. The number of aromatic nitrogens is 2. The molecular weight excluding hydrogens is 340 g/mol. The molecule has 0 aliphatic rings. The van der Waals surface area contributed by atoms with Crippen molar-refractivity contribution in [2.45, 2.75) is 0 Å². The van der Waals surface area contributed by atoms with Gasteiger partial charge >= 0.3 is 16.5 Å². The minimum Gasteiger partial charge on any atom is -0.481 e. The number of aliphatic carboxylic acids is 1. The first kappa shape index (κ1) is 15.3. The van der Waals surface area contributed by atoms with Crippen molar-refractivity contribution >= 4 is 39.4 Å². The van der Waals surface area contributed by atoms with Crippen molar-refractivity contribution in [1.29, 1.82) is 0 Å². The van der Waals surface area contributed by atoms with Crippen LogP contribution in [0.15, 0.2) is 53.3 Å². The van der Waals surface area contributed by atoms with E-state index >= 15 is 0 Å². The van der Waals surface area contributed by atoms with E-state index in [1.54, 1.807) is 28.7 Å². The lowest BCUT2D eigenvalue weighted by Gasteiger charge is -2.05. The molecule has 0 atom stereocenters. The zero-order chi connectivity index (χ0) is 17.4. The molecule has 0 radical (unpaired) electrons. The summed E-state index contributed by atoms with van der Waals surface area (Å²) in [5, 5.41) is 8.78. The van der Waals surface area contributed by atoms with Gasteiger partial charge in [-0.3, -0.25) is 0 Å². The molecule has 0 saturated heterocycles. The second kappa shape index (κ2) is 6.03.